The first kappa shape index (κ1) is 13.2. The lowest BCUT2D eigenvalue weighted by molar-refractivity contribution is -0.123. The van der Waals surface area contributed by atoms with Crippen molar-refractivity contribution in [2.24, 2.45) is 0 Å². The fourth-order valence-corrected chi connectivity index (χ4v) is 2.52. The van der Waals surface area contributed by atoms with Crippen molar-refractivity contribution < 1.29 is 4.79 Å². The van der Waals surface area contributed by atoms with E-state index in [4.69, 9.17) is 23.2 Å². The van der Waals surface area contributed by atoms with Crippen LogP contribution in [0.2, 0.25) is 10.0 Å². The van der Waals surface area contributed by atoms with Crippen LogP contribution in [0.5, 0.6) is 0 Å². The summed E-state index contributed by atoms with van der Waals surface area (Å²) >= 11 is 12.1. The Morgan fingerprint density at radius 1 is 1.44 bits per heavy atom. The Labute approximate surface area is 116 Å². The second-order valence-corrected chi connectivity index (χ2v) is 4.96. The van der Waals surface area contributed by atoms with E-state index in [0.29, 0.717) is 16.6 Å². The highest BCUT2D eigenvalue weighted by Crippen LogP contribution is 2.30. The van der Waals surface area contributed by atoms with Crippen LogP contribution in [0, 0.1) is 0 Å². The van der Waals surface area contributed by atoms with Crippen molar-refractivity contribution in [3.8, 4) is 0 Å². The average molecular weight is 285 g/mol. The molecule has 1 atom stereocenters. The van der Waals surface area contributed by atoms with Crippen molar-refractivity contribution in [1.29, 1.82) is 0 Å². The topological polar surface area (TPSA) is 34.0 Å². The maximum atomic E-state index is 11.9. The van der Waals surface area contributed by atoms with E-state index in [1.54, 1.807) is 6.07 Å². The van der Waals surface area contributed by atoms with E-state index in [9.17, 15) is 4.79 Å². The summed E-state index contributed by atoms with van der Waals surface area (Å²) in [6.07, 6.45) is 1.85. The molecule has 96 valence electrons. The summed E-state index contributed by atoms with van der Waals surface area (Å²) in [5, 5.41) is 4.86. The molecule has 1 heterocycles. The van der Waals surface area contributed by atoms with E-state index in [2.05, 4.69) is 5.32 Å². The van der Waals surface area contributed by atoms with E-state index in [1.807, 2.05) is 36.7 Å². The van der Waals surface area contributed by atoms with Gasteiger partial charge in [-0.2, -0.15) is 0 Å². The number of aromatic nitrogens is 1. The van der Waals surface area contributed by atoms with Gasteiger partial charge in [-0.15, -0.1) is 0 Å². The number of nitrogens with zero attached hydrogens (tertiary/aromatic N) is 1. The number of carbonyl (C=O) groups is 1. The van der Waals surface area contributed by atoms with Crippen molar-refractivity contribution in [3.63, 3.8) is 0 Å². The van der Waals surface area contributed by atoms with Crippen LogP contribution in [0.25, 0.3) is 10.9 Å². The number of carbonyl (C=O) groups excluding carboxylic acids is 1. The predicted molar refractivity (Wildman–Crippen MR) is 75.4 cm³/mol. The molecule has 1 aromatic carbocycles. The summed E-state index contributed by atoms with van der Waals surface area (Å²) in [5.74, 6) is -0.0221. The molecule has 0 radical (unpaired) electrons. The van der Waals surface area contributed by atoms with Crippen molar-refractivity contribution in [2.75, 3.05) is 6.54 Å². The monoisotopic (exact) mass is 284 g/mol. The van der Waals surface area contributed by atoms with Gasteiger partial charge in [-0.25, -0.2) is 0 Å². The fraction of sp³-hybridized carbons (Fsp3) is 0.308. The highest BCUT2D eigenvalue weighted by molar-refractivity contribution is 6.38. The Morgan fingerprint density at radius 2 is 2.17 bits per heavy atom. The smallest absolute Gasteiger partial charge is 0.242 e. The van der Waals surface area contributed by atoms with E-state index in [-0.39, 0.29) is 11.9 Å². The van der Waals surface area contributed by atoms with Crippen LogP contribution in [0.15, 0.2) is 24.4 Å². The molecular formula is C13H14Cl2N2O. The first-order valence-electron chi connectivity index (χ1n) is 5.78. The van der Waals surface area contributed by atoms with Crippen LogP contribution in [0.1, 0.15) is 19.9 Å². The van der Waals surface area contributed by atoms with Crippen molar-refractivity contribution in [1.82, 2.24) is 9.88 Å². The third-order valence-electron chi connectivity index (χ3n) is 2.90. The molecule has 0 aliphatic carbocycles. The van der Waals surface area contributed by atoms with Crippen molar-refractivity contribution in [3.05, 3.63) is 34.4 Å². The third-order valence-corrected chi connectivity index (χ3v) is 3.43. The molecule has 2 rings (SSSR count). The molecule has 0 saturated heterocycles. The third kappa shape index (κ3) is 2.33. The second kappa shape index (κ2) is 5.21. The van der Waals surface area contributed by atoms with Gasteiger partial charge in [-0.3, -0.25) is 4.79 Å². The van der Waals surface area contributed by atoms with E-state index >= 15 is 0 Å². The SMILES string of the molecule is CCNC(=O)C(C)n1ccc2c(Cl)cc(Cl)cc21. The van der Waals surface area contributed by atoms with Gasteiger partial charge in [-0.05, 0) is 32.0 Å². The number of amides is 1. The Hall–Kier alpha value is -1.19. The number of hydrogen-bond acceptors (Lipinski definition) is 1. The van der Waals surface area contributed by atoms with Crippen LogP contribution in [-0.4, -0.2) is 17.0 Å². The lowest BCUT2D eigenvalue weighted by Crippen LogP contribution is -2.30. The van der Waals surface area contributed by atoms with Gasteiger partial charge < -0.3 is 9.88 Å². The Bertz CT molecular complexity index is 592. The zero-order chi connectivity index (χ0) is 13.3. The maximum absolute atomic E-state index is 11.9. The molecule has 1 amide bonds. The molecule has 0 spiro atoms. The predicted octanol–water partition coefficient (Wildman–Crippen LogP) is 3.65. The molecule has 1 aromatic heterocycles. The summed E-state index contributed by atoms with van der Waals surface area (Å²) in [6, 6.07) is 5.12. The van der Waals surface area contributed by atoms with E-state index < -0.39 is 0 Å². The van der Waals surface area contributed by atoms with E-state index in [0.717, 1.165) is 10.9 Å². The number of halogens is 2. The molecule has 0 aliphatic heterocycles. The van der Waals surface area contributed by atoms with Gasteiger partial charge in [0.2, 0.25) is 5.91 Å². The molecule has 0 aliphatic rings. The van der Waals surface area contributed by atoms with Crippen LogP contribution < -0.4 is 5.32 Å². The lowest BCUT2D eigenvalue weighted by Gasteiger charge is -2.14. The number of nitrogens with one attached hydrogen (secondary N) is 1. The standard InChI is InChI=1S/C13H14Cl2N2O/c1-3-16-13(18)8(2)17-5-4-10-11(15)6-9(14)7-12(10)17/h4-8H,3H2,1-2H3,(H,16,18). The van der Waals surface area contributed by atoms with Gasteiger partial charge in [-0.1, -0.05) is 23.2 Å². The van der Waals surface area contributed by atoms with E-state index in [1.165, 1.54) is 0 Å². The number of hydrogen-bond donors (Lipinski definition) is 1. The molecule has 18 heavy (non-hydrogen) atoms. The highest BCUT2D eigenvalue weighted by atomic mass is 35.5. The van der Waals surface area contributed by atoms with Crippen LogP contribution in [-0.2, 0) is 4.79 Å². The Balaban J connectivity index is 2.49. The van der Waals surface area contributed by atoms with Gasteiger partial charge in [0.1, 0.15) is 6.04 Å². The lowest BCUT2D eigenvalue weighted by atomic mass is 10.2. The zero-order valence-corrected chi connectivity index (χ0v) is 11.7. The number of benzene rings is 1. The summed E-state index contributed by atoms with van der Waals surface area (Å²) in [4.78, 5) is 11.9. The minimum atomic E-state index is -0.294. The summed E-state index contributed by atoms with van der Waals surface area (Å²) in [7, 11) is 0. The average Bonchev–Trinajstić information content (AvgIpc) is 2.72. The van der Waals surface area contributed by atoms with Gasteiger partial charge in [0.25, 0.3) is 0 Å². The Morgan fingerprint density at radius 3 is 2.83 bits per heavy atom. The molecular weight excluding hydrogens is 271 g/mol. The van der Waals surface area contributed by atoms with Gasteiger partial charge >= 0.3 is 0 Å². The molecule has 5 heteroatoms. The van der Waals surface area contributed by atoms with Crippen LogP contribution >= 0.6 is 23.2 Å². The van der Waals surface area contributed by atoms with Crippen molar-refractivity contribution in [2.45, 2.75) is 19.9 Å². The largest absolute Gasteiger partial charge is 0.355 e. The van der Waals surface area contributed by atoms with Gasteiger partial charge in [0.15, 0.2) is 0 Å². The first-order chi connectivity index (χ1) is 8.54. The molecule has 2 aromatic rings. The Kier molecular flexibility index (Phi) is 3.83. The number of rotatable bonds is 3. The number of likely N-dealkylation sites (N-methyl/N-ethyl adjacent to an activating group) is 1. The van der Waals surface area contributed by atoms with Gasteiger partial charge in [0.05, 0.1) is 10.5 Å². The molecule has 3 nitrogen and oxygen atoms in total. The fourth-order valence-electron chi connectivity index (χ4n) is 1.97. The normalized spacial score (nSPS) is 12.7. The second-order valence-electron chi connectivity index (χ2n) is 4.11. The molecule has 1 unspecified atom stereocenters. The summed E-state index contributed by atoms with van der Waals surface area (Å²) in [6.45, 7) is 4.36. The van der Waals surface area contributed by atoms with Crippen LogP contribution in [0.3, 0.4) is 0 Å². The van der Waals surface area contributed by atoms with Crippen LogP contribution in [0.4, 0.5) is 0 Å². The number of fused-ring (bicyclic) bond motifs is 1. The summed E-state index contributed by atoms with van der Waals surface area (Å²) < 4.78 is 1.87. The molecule has 0 saturated carbocycles. The zero-order valence-electron chi connectivity index (χ0n) is 10.2. The molecule has 0 bridgehead atoms. The minimum Gasteiger partial charge on any atom is -0.355 e. The molecule has 0 fully saturated rings. The van der Waals surface area contributed by atoms with Crippen molar-refractivity contribution >= 4 is 40.0 Å². The molecule has 1 N–H and O–H groups in total. The highest BCUT2D eigenvalue weighted by Gasteiger charge is 2.16. The van der Waals surface area contributed by atoms with Gasteiger partial charge in [0, 0.05) is 23.2 Å². The quantitative estimate of drug-likeness (QED) is 0.917. The summed E-state index contributed by atoms with van der Waals surface area (Å²) in [5.41, 5.74) is 0.867. The maximum Gasteiger partial charge on any atom is 0.242 e. The first-order valence-corrected chi connectivity index (χ1v) is 6.53. The minimum absolute atomic E-state index is 0.0221.